The van der Waals surface area contributed by atoms with Gasteiger partial charge in [-0.05, 0) is 63.5 Å². The fraction of sp³-hybridized carbons (Fsp3) is 0.667. The lowest BCUT2D eigenvalue weighted by Gasteiger charge is -2.38. The Balaban J connectivity index is 0.000000447. The van der Waals surface area contributed by atoms with E-state index in [0.29, 0.717) is 18.5 Å². The van der Waals surface area contributed by atoms with E-state index in [1.54, 1.807) is 20.8 Å². The number of halogens is 2. The zero-order chi connectivity index (χ0) is 22.6. The molecule has 5 nitrogen and oxygen atoms in total. The quantitative estimate of drug-likeness (QED) is 0.463. The summed E-state index contributed by atoms with van der Waals surface area (Å²) in [5.41, 5.74) is -0.178. The van der Waals surface area contributed by atoms with Crippen molar-refractivity contribution >= 4 is 14.5 Å². The molecule has 1 heterocycles. The van der Waals surface area contributed by atoms with Crippen LogP contribution in [-0.2, 0) is 9.16 Å². The lowest BCUT2D eigenvalue weighted by Crippen LogP contribution is -2.44. The van der Waals surface area contributed by atoms with E-state index < -0.39 is 25.9 Å². The Labute approximate surface area is 173 Å². The van der Waals surface area contributed by atoms with Crippen LogP contribution in [0.3, 0.4) is 0 Å². The van der Waals surface area contributed by atoms with Gasteiger partial charge in [0, 0.05) is 18.2 Å². The van der Waals surface area contributed by atoms with Crippen molar-refractivity contribution in [3.05, 3.63) is 35.4 Å². The third kappa shape index (κ3) is 8.40. The average molecular weight is 432 g/mol. The maximum atomic E-state index is 13.8. The fourth-order valence-corrected chi connectivity index (χ4v) is 4.03. The van der Waals surface area contributed by atoms with Crippen LogP contribution in [-0.4, -0.2) is 37.8 Å². The second-order valence-electron chi connectivity index (χ2n) is 9.84. The number of ether oxygens (including phenoxy) is 1. The molecule has 2 rings (SSSR count). The Kier molecular flexibility index (Phi) is 8.39. The van der Waals surface area contributed by atoms with E-state index in [2.05, 4.69) is 43.9 Å². The highest BCUT2D eigenvalue weighted by Gasteiger charge is 2.41. The molecular formula is C21H35F2NO4Si. The minimum atomic E-state index is -1.83. The first kappa shape index (κ1) is 25.5. The summed E-state index contributed by atoms with van der Waals surface area (Å²) in [4.78, 5) is 9.79. The number of hydrogen-bond acceptors (Lipinski definition) is 4. The van der Waals surface area contributed by atoms with Gasteiger partial charge < -0.3 is 19.6 Å². The van der Waals surface area contributed by atoms with Crippen LogP contribution < -0.4 is 5.32 Å². The SMILES string of the molecule is CC(C)(C)OC(=O)O.CC(C)(C)[Si](C)(C)O[C@H]1CNC(c2cc(F)ccc2F)C1. The Morgan fingerprint density at radius 3 is 2.21 bits per heavy atom. The van der Waals surface area contributed by atoms with Gasteiger partial charge in [0.1, 0.15) is 17.2 Å². The summed E-state index contributed by atoms with van der Waals surface area (Å²) >= 11 is 0. The Bertz CT molecular complexity index is 699. The molecule has 1 aromatic carbocycles. The van der Waals surface area contributed by atoms with Crippen LogP contribution in [0, 0.1) is 11.6 Å². The predicted octanol–water partition coefficient (Wildman–Crippen LogP) is 5.87. The molecule has 0 saturated carbocycles. The van der Waals surface area contributed by atoms with E-state index in [0.717, 1.165) is 6.07 Å². The van der Waals surface area contributed by atoms with Gasteiger partial charge in [-0.1, -0.05) is 20.8 Å². The summed E-state index contributed by atoms with van der Waals surface area (Å²) < 4.78 is 37.8. The van der Waals surface area contributed by atoms with Crippen molar-refractivity contribution in [2.45, 2.75) is 83.8 Å². The van der Waals surface area contributed by atoms with E-state index in [1.165, 1.54) is 12.1 Å². The topological polar surface area (TPSA) is 67.8 Å². The summed E-state index contributed by atoms with van der Waals surface area (Å²) in [7, 11) is -1.83. The molecule has 2 atom stereocenters. The molecule has 8 heteroatoms. The molecule has 0 aliphatic carbocycles. The van der Waals surface area contributed by atoms with E-state index in [-0.39, 0.29) is 23.0 Å². The summed E-state index contributed by atoms with van der Waals surface area (Å²) in [6, 6.07) is 3.45. The highest BCUT2D eigenvalue weighted by Crippen LogP contribution is 2.39. The highest BCUT2D eigenvalue weighted by molar-refractivity contribution is 6.74. The first-order valence-electron chi connectivity index (χ1n) is 9.80. The van der Waals surface area contributed by atoms with E-state index in [9.17, 15) is 13.6 Å². The number of benzene rings is 1. The highest BCUT2D eigenvalue weighted by atomic mass is 28.4. The van der Waals surface area contributed by atoms with Gasteiger partial charge in [0.15, 0.2) is 8.32 Å². The Morgan fingerprint density at radius 2 is 1.76 bits per heavy atom. The van der Waals surface area contributed by atoms with Gasteiger partial charge in [-0.3, -0.25) is 0 Å². The van der Waals surface area contributed by atoms with Crippen LogP contribution in [0.1, 0.15) is 59.6 Å². The summed E-state index contributed by atoms with van der Waals surface area (Å²) in [6.07, 6.45) is -0.469. The largest absolute Gasteiger partial charge is 0.506 e. The second-order valence-corrected chi connectivity index (χ2v) is 14.6. The molecule has 1 aromatic rings. The number of carboxylic acid groups (broad SMARTS) is 1. The van der Waals surface area contributed by atoms with Gasteiger partial charge in [-0.2, -0.15) is 0 Å². The van der Waals surface area contributed by atoms with Gasteiger partial charge in [-0.25, -0.2) is 13.6 Å². The van der Waals surface area contributed by atoms with Crippen LogP contribution in [0.4, 0.5) is 13.6 Å². The Hall–Kier alpha value is -1.51. The molecule has 0 bridgehead atoms. The van der Waals surface area contributed by atoms with Crippen molar-refractivity contribution in [2.75, 3.05) is 6.54 Å². The third-order valence-electron chi connectivity index (χ3n) is 5.08. The molecule has 166 valence electrons. The van der Waals surface area contributed by atoms with Crippen molar-refractivity contribution in [1.29, 1.82) is 0 Å². The second kappa shape index (κ2) is 9.53. The monoisotopic (exact) mass is 431 g/mol. The molecule has 0 aromatic heterocycles. The van der Waals surface area contributed by atoms with Crippen molar-refractivity contribution in [1.82, 2.24) is 5.32 Å². The number of carbonyl (C=O) groups is 1. The summed E-state index contributed by atoms with van der Waals surface area (Å²) in [6.45, 7) is 16.8. The molecule has 1 aliphatic rings. The van der Waals surface area contributed by atoms with Gasteiger partial charge in [-0.15, -0.1) is 0 Å². The van der Waals surface area contributed by atoms with Gasteiger partial charge in [0.2, 0.25) is 0 Å². The first-order valence-corrected chi connectivity index (χ1v) is 12.7. The van der Waals surface area contributed by atoms with Crippen LogP contribution in [0.25, 0.3) is 0 Å². The maximum absolute atomic E-state index is 13.8. The minimum Gasteiger partial charge on any atom is -0.450 e. The molecule has 0 spiro atoms. The third-order valence-corrected chi connectivity index (χ3v) is 9.62. The van der Waals surface area contributed by atoms with Gasteiger partial charge in [0.25, 0.3) is 0 Å². The van der Waals surface area contributed by atoms with E-state index in [1.807, 2.05) is 0 Å². The molecule has 2 N–H and O–H groups in total. The minimum absolute atomic E-state index is 0.0681. The van der Waals surface area contributed by atoms with Crippen LogP contribution in [0.2, 0.25) is 18.1 Å². The predicted molar refractivity (Wildman–Crippen MR) is 113 cm³/mol. The summed E-state index contributed by atoms with van der Waals surface area (Å²) in [5, 5.41) is 11.4. The average Bonchev–Trinajstić information content (AvgIpc) is 2.94. The molecule has 29 heavy (non-hydrogen) atoms. The van der Waals surface area contributed by atoms with E-state index >= 15 is 0 Å². The molecule has 1 unspecified atom stereocenters. The maximum Gasteiger partial charge on any atom is 0.506 e. The van der Waals surface area contributed by atoms with Crippen LogP contribution in [0.5, 0.6) is 0 Å². The first-order chi connectivity index (χ1) is 13.0. The zero-order valence-corrected chi connectivity index (χ0v) is 19.7. The molecule has 1 aliphatic heterocycles. The molecule has 0 amide bonds. The van der Waals surface area contributed by atoms with Crippen LogP contribution in [0.15, 0.2) is 18.2 Å². The molecular weight excluding hydrogens is 396 g/mol. The summed E-state index contributed by atoms with van der Waals surface area (Å²) in [5.74, 6) is -0.760. The number of nitrogens with one attached hydrogen (secondary N) is 1. The lowest BCUT2D eigenvalue weighted by atomic mass is 10.0. The van der Waals surface area contributed by atoms with E-state index in [4.69, 9.17) is 9.53 Å². The van der Waals surface area contributed by atoms with Crippen molar-refractivity contribution in [2.24, 2.45) is 0 Å². The zero-order valence-electron chi connectivity index (χ0n) is 18.7. The van der Waals surface area contributed by atoms with Gasteiger partial charge in [0.05, 0.1) is 6.10 Å². The fourth-order valence-electron chi connectivity index (χ4n) is 2.67. The number of hydrogen-bond donors (Lipinski definition) is 2. The smallest absolute Gasteiger partial charge is 0.450 e. The van der Waals surface area contributed by atoms with Crippen molar-refractivity contribution in [3.8, 4) is 0 Å². The van der Waals surface area contributed by atoms with Crippen molar-refractivity contribution < 1.29 is 27.8 Å². The molecule has 1 fully saturated rings. The van der Waals surface area contributed by atoms with Crippen molar-refractivity contribution in [3.63, 3.8) is 0 Å². The van der Waals surface area contributed by atoms with Gasteiger partial charge >= 0.3 is 6.16 Å². The standard InChI is InChI=1S/C16H25F2NOSi.C5H10O3/c1-16(2,3)21(4,5)20-12-9-15(19-10-12)13-8-11(17)6-7-14(13)18;1-5(2,3)8-4(6)7/h6-8,12,15,19H,9-10H2,1-5H3;1-3H3,(H,6,7)/t12-,15?;/m1./s1. The Morgan fingerprint density at radius 1 is 1.17 bits per heavy atom. The molecule has 1 saturated heterocycles. The van der Waals surface area contributed by atoms with Crippen LogP contribution >= 0.6 is 0 Å². The lowest BCUT2D eigenvalue weighted by molar-refractivity contribution is 0.0150. The molecule has 0 radical (unpaired) electrons. The normalized spacial score (nSPS) is 20.1. The number of rotatable bonds is 3.